The van der Waals surface area contributed by atoms with Crippen LogP contribution in [0.1, 0.15) is 27.7 Å². The van der Waals surface area contributed by atoms with Crippen molar-refractivity contribution in [3.63, 3.8) is 0 Å². The molecule has 0 radical (unpaired) electrons. The van der Waals surface area contributed by atoms with Gasteiger partial charge in [-0.2, -0.15) is 0 Å². The van der Waals surface area contributed by atoms with E-state index in [0.717, 1.165) is 26.2 Å². The highest BCUT2D eigenvalue weighted by Crippen LogP contribution is 2.08. The second-order valence-electron chi connectivity index (χ2n) is 3.30. The lowest BCUT2D eigenvalue weighted by molar-refractivity contribution is 0.159. The van der Waals surface area contributed by atoms with Gasteiger partial charge in [0.1, 0.15) is 6.23 Å². The van der Waals surface area contributed by atoms with E-state index in [4.69, 9.17) is 21.4 Å². The Hall–Kier alpha value is 0.130. The highest BCUT2D eigenvalue weighted by atomic mass is 35.5. The van der Waals surface area contributed by atoms with Gasteiger partial charge in [0, 0.05) is 0 Å². The first kappa shape index (κ1) is 18.5. The molecule has 0 saturated carbocycles. The second kappa shape index (κ2) is 15.1. The number of alkyl halides is 1. The van der Waals surface area contributed by atoms with E-state index < -0.39 is 0 Å². The number of hydrogen-bond acceptors (Lipinski definition) is 4. The van der Waals surface area contributed by atoms with E-state index in [9.17, 15) is 0 Å². The summed E-state index contributed by atoms with van der Waals surface area (Å²) in [4.78, 5) is 0. The standard InChI is InChI=1S/C4H11NO.C4H11N.C3H5ClO/c1-3-5-4(2)6;1-3-5-4-2;4-1-3-2-5-3/h4-6H,3H2,1-2H3;5H,3-4H2,1-2H3;3H,1-2H2. The zero-order chi connectivity index (χ0) is 12.8. The van der Waals surface area contributed by atoms with E-state index in [0.29, 0.717) is 12.0 Å². The SMILES string of the molecule is CCNC(C)O.CCNCC.ClCC1CO1. The van der Waals surface area contributed by atoms with Crippen molar-refractivity contribution in [1.29, 1.82) is 0 Å². The number of nitrogens with one attached hydrogen (secondary N) is 2. The summed E-state index contributed by atoms with van der Waals surface area (Å²) >= 11 is 5.27. The number of rotatable bonds is 5. The third-order valence-corrected chi connectivity index (χ3v) is 1.92. The quantitative estimate of drug-likeness (QED) is 0.392. The first-order valence-corrected chi connectivity index (χ1v) is 6.45. The van der Waals surface area contributed by atoms with Crippen molar-refractivity contribution in [2.75, 3.05) is 32.1 Å². The van der Waals surface area contributed by atoms with Gasteiger partial charge in [0.25, 0.3) is 0 Å². The molecule has 0 amide bonds. The summed E-state index contributed by atoms with van der Waals surface area (Å²) in [5, 5.41) is 14.3. The Balaban J connectivity index is 0. The summed E-state index contributed by atoms with van der Waals surface area (Å²) in [6, 6.07) is 0. The first-order chi connectivity index (χ1) is 7.62. The molecule has 0 aromatic heterocycles. The predicted molar refractivity (Wildman–Crippen MR) is 70.0 cm³/mol. The van der Waals surface area contributed by atoms with Crippen LogP contribution in [0.4, 0.5) is 0 Å². The molecule has 0 aromatic rings. The van der Waals surface area contributed by atoms with Crippen LogP contribution in [0.5, 0.6) is 0 Å². The van der Waals surface area contributed by atoms with Gasteiger partial charge >= 0.3 is 0 Å². The van der Waals surface area contributed by atoms with E-state index in [1.165, 1.54) is 0 Å². The third kappa shape index (κ3) is 23.7. The van der Waals surface area contributed by atoms with Crippen LogP contribution in [0, 0.1) is 0 Å². The van der Waals surface area contributed by atoms with Gasteiger partial charge in [-0.3, -0.25) is 5.32 Å². The molecule has 1 heterocycles. The number of ether oxygens (including phenoxy) is 1. The summed E-state index contributed by atoms with van der Waals surface area (Å²) in [6.07, 6.45) is 0.0478. The molecule has 1 rings (SSSR count). The van der Waals surface area contributed by atoms with E-state index >= 15 is 0 Å². The zero-order valence-electron chi connectivity index (χ0n) is 10.9. The Kier molecular flexibility index (Phi) is 17.5. The lowest BCUT2D eigenvalue weighted by atomic mass is 10.6. The van der Waals surface area contributed by atoms with Crippen LogP contribution in [0.25, 0.3) is 0 Å². The molecule has 4 nitrogen and oxygen atoms in total. The fourth-order valence-corrected chi connectivity index (χ4v) is 0.881. The first-order valence-electron chi connectivity index (χ1n) is 5.91. The van der Waals surface area contributed by atoms with Crippen molar-refractivity contribution < 1.29 is 9.84 Å². The zero-order valence-corrected chi connectivity index (χ0v) is 11.7. The van der Waals surface area contributed by atoms with Gasteiger partial charge in [-0.1, -0.05) is 20.8 Å². The van der Waals surface area contributed by atoms with E-state index in [-0.39, 0.29) is 6.23 Å². The smallest absolute Gasteiger partial charge is 0.102 e. The molecular weight excluding hydrogens is 228 g/mol. The van der Waals surface area contributed by atoms with Crippen LogP contribution in [-0.2, 0) is 4.74 Å². The van der Waals surface area contributed by atoms with Crippen LogP contribution in [0.15, 0.2) is 0 Å². The fraction of sp³-hybridized carbons (Fsp3) is 1.00. The molecule has 16 heavy (non-hydrogen) atoms. The average molecular weight is 255 g/mol. The van der Waals surface area contributed by atoms with Crippen LogP contribution in [0.2, 0.25) is 0 Å². The van der Waals surface area contributed by atoms with Crippen molar-refractivity contribution in [2.45, 2.75) is 40.0 Å². The molecule has 5 heteroatoms. The highest BCUT2D eigenvalue weighted by Gasteiger charge is 2.19. The molecule has 100 valence electrons. The number of aliphatic hydroxyl groups excluding tert-OH is 1. The highest BCUT2D eigenvalue weighted by molar-refractivity contribution is 6.18. The summed E-state index contributed by atoms with van der Waals surface area (Å²) < 4.78 is 4.73. The maximum Gasteiger partial charge on any atom is 0.102 e. The molecule has 3 N–H and O–H groups in total. The van der Waals surface area contributed by atoms with Gasteiger partial charge in [-0.05, 0) is 26.6 Å². The lowest BCUT2D eigenvalue weighted by Crippen LogP contribution is -2.24. The van der Waals surface area contributed by atoms with E-state index in [2.05, 4.69) is 24.5 Å². The van der Waals surface area contributed by atoms with E-state index in [1.54, 1.807) is 6.92 Å². The van der Waals surface area contributed by atoms with Crippen molar-refractivity contribution in [3.05, 3.63) is 0 Å². The minimum Gasteiger partial charge on any atom is -0.379 e. The van der Waals surface area contributed by atoms with Crippen LogP contribution >= 0.6 is 11.6 Å². The minimum atomic E-state index is -0.352. The molecule has 0 aromatic carbocycles. The molecule has 0 aliphatic carbocycles. The topological polar surface area (TPSA) is 56.8 Å². The molecule has 1 aliphatic rings. The molecule has 1 aliphatic heterocycles. The fourth-order valence-electron chi connectivity index (χ4n) is 0.703. The Labute approximate surface area is 105 Å². The summed E-state index contributed by atoms with van der Waals surface area (Å²) in [7, 11) is 0. The minimum absolute atomic E-state index is 0.352. The Morgan fingerprint density at radius 3 is 1.81 bits per heavy atom. The molecule has 1 saturated heterocycles. The van der Waals surface area contributed by atoms with Crippen molar-refractivity contribution in [3.8, 4) is 0 Å². The average Bonchev–Trinajstić information content (AvgIpc) is 3.03. The van der Waals surface area contributed by atoms with Crippen molar-refractivity contribution in [2.24, 2.45) is 0 Å². The van der Waals surface area contributed by atoms with Gasteiger partial charge in [0.15, 0.2) is 0 Å². The maximum atomic E-state index is 8.44. The number of aliphatic hydroxyl groups is 1. The number of hydrogen-bond donors (Lipinski definition) is 3. The number of halogens is 1. The summed E-state index contributed by atoms with van der Waals surface area (Å²) in [5.41, 5.74) is 0. The molecule has 0 spiro atoms. The van der Waals surface area contributed by atoms with Gasteiger partial charge < -0.3 is 15.2 Å². The van der Waals surface area contributed by atoms with Crippen LogP contribution in [-0.4, -0.2) is 49.6 Å². The Morgan fingerprint density at radius 2 is 1.81 bits per heavy atom. The molecule has 0 bridgehead atoms. The monoisotopic (exact) mass is 254 g/mol. The molecular formula is C11H27ClN2O2. The second-order valence-corrected chi connectivity index (χ2v) is 3.61. The van der Waals surface area contributed by atoms with Gasteiger partial charge in [0.2, 0.25) is 0 Å². The summed E-state index contributed by atoms with van der Waals surface area (Å²) in [6.45, 7) is 11.7. The summed E-state index contributed by atoms with van der Waals surface area (Å²) in [5.74, 6) is 0.667. The Bertz CT molecular complexity index is 121. The molecule has 2 atom stereocenters. The predicted octanol–water partition coefficient (Wildman–Crippen LogP) is 1.17. The van der Waals surface area contributed by atoms with Crippen LogP contribution in [0.3, 0.4) is 0 Å². The third-order valence-electron chi connectivity index (χ3n) is 1.57. The maximum absolute atomic E-state index is 8.44. The normalized spacial score (nSPS) is 18.8. The van der Waals surface area contributed by atoms with E-state index in [1.807, 2.05) is 6.92 Å². The molecule has 2 unspecified atom stereocenters. The van der Waals surface area contributed by atoms with Gasteiger partial charge in [-0.25, -0.2) is 0 Å². The lowest BCUT2D eigenvalue weighted by Gasteiger charge is -2.00. The largest absolute Gasteiger partial charge is 0.379 e. The molecule has 1 fully saturated rings. The Morgan fingerprint density at radius 1 is 1.31 bits per heavy atom. The van der Waals surface area contributed by atoms with Gasteiger partial charge in [-0.15, -0.1) is 11.6 Å². The van der Waals surface area contributed by atoms with Crippen molar-refractivity contribution in [1.82, 2.24) is 10.6 Å². The van der Waals surface area contributed by atoms with Crippen molar-refractivity contribution >= 4 is 11.6 Å². The number of epoxide rings is 1. The van der Waals surface area contributed by atoms with Gasteiger partial charge in [0.05, 0.1) is 18.6 Å². The van der Waals surface area contributed by atoms with Crippen LogP contribution < -0.4 is 10.6 Å².